The molecule has 0 bridgehead atoms. The summed E-state index contributed by atoms with van der Waals surface area (Å²) in [6, 6.07) is 0. The van der Waals surface area contributed by atoms with Crippen LogP contribution < -0.4 is 0 Å². The highest BCUT2D eigenvalue weighted by molar-refractivity contribution is 4.88. The largest absolute Gasteiger partial charge is 0.129 e. The van der Waals surface area contributed by atoms with Crippen molar-refractivity contribution >= 4 is 0 Å². The van der Waals surface area contributed by atoms with E-state index in [-0.39, 0.29) is 0 Å². The van der Waals surface area contributed by atoms with Crippen LogP contribution in [0.4, 0.5) is 0 Å². The van der Waals surface area contributed by atoms with Gasteiger partial charge < -0.3 is 0 Å². The van der Waals surface area contributed by atoms with E-state index >= 15 is 0 Å². The second-order valence-electron chi connectivity index (χ2n) is 2.52. The highest BCUT2D eigenvalue weighted by atomic mass is 14.0. The van der Waals surface area contributed by atoms with Crippen molar-refractivity contribution in [3.05, 3.63) is 17.9 Å². The van der Waals surface area contributed by atoms with Crippen LogP contribution in [0.2, 0.25) is 0 Å². The van der Waals surface area contributed by atoms with Crippen LogP contribution in [0.3, 0.4) is 0 Å². The number of hydrogen-bond donors (Lipinski definition) is 0. The van der Waals surface area contributed by atoms with Crippen LogP contribution in [-0.2, 0) is 0 Å². The average Bonchev–Trinajstić information content (AvgIpc) is 1.99. The molecule has 0 aromatic rings. The second-order valence-corrected chi connectivity index (χ2v) is 2.52. The Labute approximate surface area is 64.6 Å². The van der Waals surface area contributed by atoms with Gasteiger partial charge in [-0.05, 0) is 37.3 Å². The fourth-order valence-electron chi connectivity index (χ4n) is 0.846. The van der Waals surface area contributed by atoms with Gasteiger partial charge in [-0.1, -0.05) is 20.8 Å². The third-order valence-electron chi connectivity index (χ3n) is 1.70. The van der Waals surface area contributed by atoms with Crippen LogP contribution in [0, 0.1) is 5.92 Å². The van der Waals surface area contributed by atoms with Crippen LogP contribution in [-0.4, -0.2) is 0 Å². The third kappa shape index (κ3) is 4.40. The van der Waals surface area contributed by atoms with Gasteiger partial charge in [0.25, 0.3) is 0 Å². The van der Waals surface area contributed by atoms with Gasteiger partial charge in [0.15, 0.2) is 0 Å². The van der Waals surface area contributed by atoms with Gasteiger partial charge in [-0.2, -0.15) is 0 Å². The molecule has 0 atom stereocenters. The molecule has 0 aliphatic rings. The number of allylic oxidation sites excluding steroid dienone is 1. The summed E-state index contributed by atoms with van der Waals surface area (Å²) in [7, 11) is 0. The smallest absolute Gasteiger partial charge is 0.0163 e. The Morgan fingerprint density at radius 3 is 2.20 bits per heavy atom. The fourth-order valence-corrected chi connectivity index (χ4v) is 0.846. The van der Waals surface area contributed by atoms with E-state index in [0.29, 0.717) is 0 Å². The summed E-state index contributed by atoms with van der Waals surface area (Å²) in [5.74, 6) is 0.739. The molecule has 0 fully saturated rings. The molecule has 0 rings (SSSR count). The Morgan fingerprint density at radius 1 is 1.20 bits per heavy atom. The zero-order valence-corrected chi connectivity index (χ0v) is 7.35. The highest BCUT2D eigenvalue weighted by Crippen LogP contribution is 2.07. The number of rotatable bonds is 4. The van der Waals surface area contributed by atoms with Crippen molar-refractivity contribution in [1.29, 1.82) is 0 Å². The Balaban J connectivity index is 3.71. The lowest BCUT2D eigenvalue weighted by Gasteiger charge is -2.01. The minimum atomic E-state index is 0.739. The fraction of sp³-hybridized carbons (Fsp3) is 0.700. The predicted octanol–water partition coefficient (Wildman–Crippen LogP) is 3.54. The molecule has 0 aromatic heterocycles. The van der Waals surface area contributed by atoms with Gasteiger partial charge in [0, 0.05) is 0 Å². The Morgan fingerprint density at radius 2 is 1.80 bits per heavy atom. The summed E-state index contributed by atoms with van der Waals surface area (Å²) in [6.45, 7) is 6.57. The SMILES string of the molecule is CCC=C=CC(CC)CC. The zero-order valence-electron chi connectivity index (χ0n) is 7.35. The van der Waals surface area contributed by atoms with Crippen LogP contribution in [0.1, 0.15) is 40.0 Å². The van der Waals surface area contributed by atoms with E-state index in [4.69, 9.17) is 0 Å². The van der Waals surface area contributed by atoms with Crippen molar-refractivity contribution in [1.82, 2.24) is 0 Å². The third-order valence-corrected chi connectivity index (χ3v) is 1.70. The number of hydrogen-bond acceptors (Lipinski definition) is 0. The zero-order chi connectivity index (χ0) is 7.82. The van der Waals surface area contributed by atoms with Gasteiger partial charge >= 0.3 is 0 Å². The molecule has 0 spiro atoms. The van der Waals surface area contributed by atoms with E-state index in [1.807, 2.05) is 0 Å². The van der Waals surface area contributed by atoms with Gasteiger partial charge in [0.1, 0.15) is 0 Å². The minimum absolute atomic E-state index is 0.739. The first kappa shape index (κ1) is 9.52. The maximum Gasteiger partial charge on any atom is -0.0163 e. The summed E-state index contributed by atoms with van der Waals surface area (Å²) in [5.41, 5.74) is 3.19. The molecule has 58 valence electrons. The topological polar surface area (TPSA) is 0 Å². The lowest BCUT2D eigenvalue weighted by Crippen LogP contribution is -1.88. The van der Waals surface area contributed by atoms with Crippen LogP contribution in [0.15, 0.2) is 17.9 Å². The van der Waals surface area contributed by atoms with Gasteiger partial charge in [0.2, 0.25) is 0 Å². The summed E-state index contributed by atoms with van der Waals surface area (Å²) < 4.78 is 0. The van der Waals surface area contributed by atoms with Gasteiger partial charge in [0.05, 0.1) is 0 Å². The van der Waals surface area contributed by atoms with Gasteiger partial charge in [-0.3, -0.25) is 0 Å². The molecular formula is C10H18. The van der Waals surface area contributed by atoms with E-state index in [0.717, 1.165) is 12.3 Å². The monoisotopic (exact) mass is 138 g/mol. The molecular weight excluding hydrogens is 120 g/mol. The summed E-state index contributed by atoms with van der Waals surface area (Å²) in [4.78, 5) is 0. The molecule has 0 aliphatic heterocycles. The Kier molecular flexibility index (Phi) is 6.32. The molecule has 0 aliphatic carbocycles. The van der Waals surface area contributed by atoms with Crippen molar-refractivity contribution in [2.75, 3.05) is 0 Å². The van der Waals surface area contributed by atoms with E-state index in [9.17, 15) is 0 Å². The molecule has 0 radical (unpaired) electrons. The minimum Gasteiger partial charge on any atom is -0.129 e. The van der Waals surface area contributed by atoms with E-state index in [1.54, 1.807) is 0 Å². The molecule has 0 amide bonds. The highest BCUT2D eigenvalue weighted by Gasteiger charge is 1.94. The Bertz CT molecular complexity index is 112. The predicted molar refractivity (Wildman–Crippen MR) is 47.0 cm³/mol. The maximum absolute atomic E-state index is 3.19. The first-order chi connectivity index (χ1) is 4.85. The first-order valence-corrected chi connectivity index (χ1v) is 4.26. The normalized spacial score (nSPS) is 9.20. The first-order valence-electron chi connectivity index (χ1n) is 4.26. The molecule has 0 saturated carbocycles. The standard InChI is InChI=1S/C10H18/c1-4-7-8-9-10(5-2)6-3/h7,9-10H,4-6H2,1-3H3. The van der Waals surface area contributed by atoms with E-state index in [1.165, 1.54) is 12.8 Å². The van der Waals surface area contributed by atoms with Gasteiger partial charge in [-0.15, -0.1) is 5.73 Å². The van der Waals surface area contributed by atoms with E-state index in [2.05, 4.69) is 38.7 Å². The molecule has 0 unspecified atom stereocenters. The van der Waals surface area contributed by atoms with Crippen molar-refractivity contribution in [2.45, 2.75) is 40.0 Å². The maximum atomic E-state index is 3.19. The quantitative estimate of drug-likeness (QED) is 0.521. The van der Waals surface area contributed by atoms with Crippen LogP contribution in [0.25, 0.3) is 0 Å². The second kappa shape index (κ2) is 6.64. The molecule has 0 aromatic carbocycles. The van der Waals surface area contributed by atoms with Crippen molar-refractivity contribution in [2.24, 2.45) is 5.92 Å². The van der Waals surface area contributed by atoms with Crippen molar-refractivity contribution < 1.29 is 0 Å². The summed E-state index contributed by atoms with van der Waals surface area (Å²) in [6.07, 6.45) is 7.83. The molecule has 0 N–H and O–H groups in total. The molecule has 0 saturated heterocycles. The lowest BCUT2D eigenvalue weighted by atomic mass is 10.0. The lowest BCUT2D eigenvalue weighted by molar-refractivity contribution is 0.607. The molecule has 0 nitrogen and oxygen atoms in total. The average molecular weight is 138 g/mol. The van der Waals surface area contributed by atoms with Crippen LogP contribution >= 0.6 is 0 Å². The van der Waals surface area contributed by atoms with Crippen molar-refractivity contribution in [3.8, 4) is 0 Å². The van der Waals surface area contributed by atoms with E-state index < -0.39 is 0 Å². The summed E-state index contributed by atoms with van der Waals surface area (Å²) >= 11 is 0. The van der Waals surface area contributed by atoms with Gasteiger partial charge in [-0.25, -0.2) is 0 Å². The summed E-state index contributed by atoms with van der Waals surface area (Å²) in [5, 5.41) is 0. The van der Waals surface area contributed by atoms with Crippen LogP contribution in [0.5, 0.6) is 0 Å². The van der Waals surface area contributed by atoms with Crippen molar-refractivity contribution in [3.63, 3.8) is 0 Å². The Hall–Kier alpha value is -0.480. The molecule has 0 heterocycles. The molecule has 0 heteroatoms. The molecule has 10 heavy (non-hydrogen) atoms.